The topological polar surface area (TPSA) is 76.8 Å². The molecular weight excluding hydrogens is 329 g/mol. The number of carbonyl (C=O) groups is 1. The number of nitrogens with two attached hydrogens (primary N) is 1. The van der Waals surface area contributed by atoms with Gasteiger partial charge in [0.05, 0.1) is 7.11 Å². The Morgan fingerprint density at radius 2 is 1.95 bits per heavy atom. The van der Waals surface area contributed by atoms with E-state index in [0.29, 0.717) is 11.5 Å². The molecule has 0 aromatic heterocycles. The minimum atomic E-state index is -0.513. The standard InChI is InChI=1S/C14H23N3O3.2ClH/c1-17(2)7-6-16-9-11-4-5-12(13(8-11)19-3)20-10-14(15)18;;/h4-5,8,16H,6-7,9-10H2,1-3H3,(H2,15,18);2*1H/p-2. The van der Waals surface area contributed by atoms with E-state index in [1.54, 1.807) is 13.2 Å². The first-order valence-corrected chi connectivity index (χ1v) is 6.46. The van der Waals surface area contributed by atoms with Crippen molar-refractivity contribution in [3.8, 4) is 11.5 Å². The average molecular weight is 352 g/mol. The second-order valence-electron chi connectivity index (χ2n) is 4.72. The van der Waals surface area contributed by atoms with E-state index in [9.17, 15) is 4.79 Å². The third-order valence-corrected chi connectivity index (χ3v) is 2.66. The molecule has 0 unspecified atom stereocenters. The molecule has 0 atom stereocenters. The maximum Gasteiger partial charge on any atom is 0.255 e. The highest BCUT2D eigenvalue weighted by atomic mass is 35.5. The number of likely N-dealkylation sites (N-methyl/N-ethyl adjacent to an activating group) is 1. The first-order chi connectivity index (χ1) is 9.52. The lowest BCUT2D eigenvalue weighted by Crippen LogP contribution is -3.00. The van der Waals surface area contributed by atoms with Crippen molar-refractivity contribution in [1.29, 1.82) is 0 Å². The van der Waals surface area contributed by atoms with Crippen molar-refractivity contribution in [2.75, 3.05) is 40.9 Å². The zero-order chi connectivity index (χ0) is 15.0. The van der Waals surface area contributed by atoms with Crippen LogP contribution in [0.2, 0.25) is 0 Å². The lowest BCUT2D eigenvalue weighted by atomic mass is 10.2. The van der Waals surface area contributed by atoms with Crippen LogP contribution < -0.4 is 45.3 Å². The molecular formula is C14H23Cl2N3O3-2. The molecule has 128 valence electrons. The molecule has 1 amide bonds. The second-order valence-corrected chi connectivity index (χ2v) is 4.72. The summed E-state index contributed by atoms with van der Waals surface area (Å²) in [5.74, 6) is 0.600. The maximum absolute atomic E-state index is 10.7. The van der Waals surface area contributed by atoms with Crippen LogP contribution >= 0.6 is 0 Å². The molecule has 0 saturated heterocycles. The van der Waals surface area contributed by atoms with Gasteiger partial charge in [0.2, 0.25) is 0 Å². The molecule has 0 aliphatic carbocycles. The largest absolute Gasteiger partial charge is 1.00 e. The van der Waals surface area contributed by atoms with Gasteiger partial charge in [0.15, 0.2) is 18.1 Å². The number of ether oxygens (including phenoxy) is 2. The van der Waals surface area contributed by atoms with E-state index >= 15 is 0 Å². The number of primary amides is 1. The summed E-state index contributed by atoms with van der Waals surface area (Å²) in [6, 6.07) is 5.60. The first-order valence-electron chi connectivity index (χ1n) is 6.46. The summed E-state index contributed by atoms with van der Waals surface area (Å²) in [6.45, 7) is 2.49. The molecule has 1 aromatic rings. The van der Waals surface area contributed by atoms with E-state index < -0.39 is 5.91 Å². The quantitative estimate of drug-likeness (QED) is 0.433. The third-order valence-electron chi connectivity index (χ3n) is 2.66. The fourth-order valence-electron chi connectivity index (χ4n) is 1.63. The Morgan fingerprint density at radius 3 is 2.50 bits per heavy atom. The van der Waals surface area contributed by atoms with Crippen molar-refractivity contribution in [3.05, 3.63) is 23.8 Å². The fourth-order valence-corrected chi connectivity index (χ4v) is 1.63. The molecule has 0 fully saturated rings. The summed E-state index contributed by atoms with van der Waals surface area (Å²) >= 11 is 0. The fraction of sp³-hybridized carbons (Fsp3) is 0.500. The van der Waals surface area contributed by atoms with Gasteiger partial charge in [0.1, 0.15) is 0 Å². The first kappa shape index (κ1) is 23.1. The van der Waals surface area contributed by atoms with E-state index in [1.807, 2.05) is 26.2 Å². The van der Waals surface area contributed by atoms with E-state index in [0.717, 1.165) is 25.2 Å². The average Bonchev–Trinajstić information content (AvgIpc) is 2.41. The molecule has 0 heterocycles. The van der Waals surface area contributed by atoms with Crippen LogP contribution in [0, 0.1) is 0 Å². The van der Waals surface area contributed by atoms with Gasteiger partial charge in [-0.15, -0.1) is 0 Å². The predicted octanol–water partition coefficient (Wildman–Crippen LogP) is -5.78. The van der Waals surface area contributed by atoms with Gasteiger partial charge in [-0.3, -0.25) is 4.79 Å². The van der Waals surface area contributed by atoms with Crippen molar-refractivity contribution in [3.63, 3.8) is 0 Å². The summed E-state index contributed by atoms with van der Waals surface area (Å²) < 4.78 is 10.5. The van der Waals surface area contributed by atoms with Crippen molar-refractivity contribution in [2.24, 2.45) is 5.73 Å². The highest BCUT2D eigenvalue weighted by molar-refractivity contribution is 5.75. The summed E-state index contributed by atoms with van der Waals surface area (Å²) in [6.07, 6.45) is 0. The zero-order valence-corrected chi connectivity index (χ0v) is 14.6. The monoisotopic (exact) mass is 351 g/mol. The Kier molecular flexibility index (Phi) is 12.9. The molecule has 8 heteroatoms. The van der Waals surface area contributed by atoms with Gasteiger partial charge in [0, 0.05) is 19.6 Å². The highest BCUT2D eigenvalue weighted by Gasteiger charge is 2.07. The molecule has 0 saturated carbocycles. The molecule has 0 radical (unpaired) electrons. The Labute approximate surface area is 144 Å². The Hall–Kier alpha value is -1.21. The van der Waals surface area contributed by atoms with Crippen LogP contribution in [0.3, 0.4) is 0 Å². The number of hydrogen-bond donors (Lipinski definition) is 2. The molecule has 0 spiro atoms. The van der Waals surface area contributed by atoms with E-state index in [1.165, 1.54) is 0 Å². The number of benzene rings is 1. The normalized spacial score (nSPS) is 9.64. The maximum atomic E-state index is 10.7. The number of nitrogens with zero attached hydrogens (tertiary/aromatic N) is 1. The van der Waals surface area contributed by atoms with Crippen LogP contribution in [0.1, 0.15) is 5.56 Å². The number of amides is 1. The van der Waals surface area contributed by atoms with Gasteiger partial charge in [-0.05, 0) is 31.8 Å². The second kappa shape index (κ2) is 12.3. The molecule has 1 aromatic carbocycles. The Bertz CT molecular complexity index is 445. The number of carbonyl (C=O) groups excluding carboxylic acids is 1. The van der Waals surface area contributed by atoms with Gasteiger partial charge in [0.25, 0.3) is 5.91 Å². The Morgan fingerprint density at radius 1 is 1.27 bits per heavy atom. The van der Waals surface area contributed by atoms with Gasteiger partial charge in [-0.1, -0.05) is 6.07 Å². The Balaban J connectivity index is 0. The van der Waals surface area contributed by atoms with Crippen LogP contribution in [0.5, 0.6) is 11.5 Å². The SMILES string of the molecule is COc1cc(CNCCN(C)C)ccc1OCC(N)=O.[Cl-].[Cl-]. The molecule has 22 heavy (non-hydrogen) atoms. The lowest BCUT2D eigenvalue weighted by Gasteiger charge is -2.13. The molecule has 0 aliphatic rings. The van der Waals surface area contributed by atoms with Crippen LogP contribution in [-0.2, 0) is 11.3 Å². The van der Waals surface area contributed by atoms with Crippen LogP contribution in [0.25, 0.3) is 0 Å². The number of rotatable bonds is 9. The van der Waals surface area contributed by atoms with Crippen molar-refractivity contribution >= 4 is 5.91 Å². The number of methoxy groups -OCH3 is 1. The van der Waals surface area contributed by atoms with Crippen molar-refractivity contribution < 1.29 is 39.1 Å². The van der Waals surface area contributed by atoms with Gasteiger partial charge >= 0.3 is 0 Å². The van der Waals surface area contributed by atoms with Crippen LogP contribution in [0.15, 0.2) is 18.2 Å². The number of nitrogens with one attached hydrogen (secondary N) is 1. The predicted molar refractivity (Wildman–Crippen MR) is 77.9 cm³/mol. The van der Waals surface area contributed by atoms with Gasteiger partial charge in [-0.2, -0.15) is 0 Å². The van der Waals surface area contributed by atoms with Gasteiger partial charge < -0.3 is 50.2 Å². The van der Waals surface area contributed by atoms with E-state index in [2.05, 4.69) is 10.2 Å². The highest BCUT2D eigenvalue weighted by Crippen LogP contribution is 2.27. The minimum Gasteiger partial charge on any atom is -1.00 e. The molecule has 0 bridgehead atoms. The zero-order valence-electron chi connectivity index (χ0n) is 13.1. The summed E-state index contributed by atoms with van der Waals surface area (Å²) in [7, 11) is 5.64. The minimum absolute atomic E-state index is 0. The van der Waals surface area contributed by atoms with Crippen LogP contribution in [0.4, 0.5) is 0 Å². The third kappa shape index (κ3) is 8.94. The molecule has 6 nitrogen and oxygen atoms in total. The lowest BCUT2D eigenvalue weighted by molar-refractivity contribution is -0.119. The summed E-state index contributed by atoms with van der Waals surface area (Å²) in [5.41, 5.74) is 6.14. The van der Waals surface area contributed by atoms with E-state index in [-0.39, 0.29) is 31.4 Å². The van der Waals surface area contributed by atoms with Crippen LogP contribution in [-0.4, -0.2) is 51.7 Å². The van der Waals surface area contributed by atoms with E-state index in [4.69, 9.17) is 15.2 Å². The number of halogens is 2. The van der Waals surface area contributed by atoms with Crippen molar-refractivity contribution in [2.45, 2.75) is 6.54 Å². The smallest absolute Gasteiger partial charge is 0.255 e. The van der Waals surface area contributed by atoms with Gasteiger partial charge in [-0.25, -0.2) is 0 Å². The summed E-state index contributed by atoms with van der Waals surface area (Å²) in [4.78, 5) is 12.8. The molecule has 3 N–H and O–H groups in total. The summed E-state index contributed by atoms with van der Waals surface area (Å²) in [5, 5.41) is 3.34. The molecule has 0 aliphatic heterocycles. The molecule has 1 rings (SSSR count). The van der Waals surface area contributed by atoms with Crippen molar-refractivity contribution in [1.82, 2.24) is 10.2 Å². The number of hydrogen-bond acceptors (Lipinski definition) is 5.